The van der Waals surface area contributed by atoms with E-state index in [1.54, 1.807) is 31.2 Å². The molecule has 2 rings (SSSR count). The van der Waals surface area contributed by atoms with Crippen LogP contribution in [0.2, 0.25) is 0 Å². The molecule has 4 N–H and O–H groups in total. The van der Waals surface area contributed by atoms with Crippen LogP contribution in [0.25, 0.3) is 0 Å². The van der Waals surface area contributed by atoms with Crippen LogP contribution in [0.3, 0.4) is 0 Å². The van der Waals surface area contributed by atoms with Crippen LogP contribution in [-0.2, 0) is 4.79 Å². The lowest BCUT2D eigenvalue weighted by molar-refractivity contribution is -0.116. The predicted octanol–water partition coefficient (Wildman–Crippen LogP) is 2.84. The second kappa shape index (κ2) is 6.96. The SMILES string of the molecule is Cc1ccc(NC(=O)C(C)Nc2cccc(C(N)=O)c2)c(C)c1. The molecule has 0 aliphatic heterocycles. The lowest BCUT2D eigenvalue weighted by atomic mass is 10.1. The van der Waals surface area contributed by atoms with Gasteiger partial charge in [-0.15, -0.1) is 0 Å². The summed E-state index contributed by atoms with van der Waals surface area (Å²) >= 11 is 0. The molecule has 1 unspecified atom stereocenters. The molecule has 0 heterocycles. The van der Waals surface area contributed by atoms with Crippen molar-refractivity contribution in [3.8, 4) is 0 Å². The summed E-state index contributed by atoms with van der Waals surface area (Å²) in [6.45, 7) is 5.72. The molecule has 0 aliphatic rings. The summed E-state index contributed by atoms with van der Waals surface area (Å²) in [5.74, 6) is -0.650. The number of hydrogen-bond donors (Lipinski definition) is 3. The summed E-state index contributed by atoms with van der Waals surface area (Å²) in [7, 11) is 0. The smallest absolute Gasteiger partial charge is 0.248 e. The number of carbonyl (C=O) groups is 2. The van der Waals surface area contributed by atoms with Crippen LogP contribution in [0, 0.1) is 13.8 Å². The molecular formula is C18H21N3O2. The van der Waals surface area contributed by atoms with Crippen LogP contribution in [-0.4, -0.2) is 17.9 Å². The van der Waals surface area contributed by atoms with E-state index in [0.717, 1.165) is 16.8 Å². The molecule has 0 saturated heterocycles. The van der Waals surface area contributed by atoms with Crippen LogP contribution >= 0.6 is 0 Å². The van der Waals surface area contributed by atoms with E-state index in [2.05, 4.69) is 10.6 Å². The molecule has 0 aliphatic carbocycles. The van der Waals surface area contributed by atoms with Gasteiger partial charge in [0, 0.05) is 16.9 Å². The Bertz CT molecular complexity index is 741. The number of anilines is 2. The number of carbonyl (C=O) groups excluding carboxylic acids is 2. The molecule has 0 saturated carbocycles. The van der Waals surface area contributed by atoms with E-state index in [4.69, 9.17) is 5.73 Å². The van der Waals surface area contributed by atoms with Gasteiger partial charge in [0.25, 0.3) is 0 Å². The fourth-order valence-corrected chi connectivity index (χ4v) is 2.27. The van der Waals surface area contributed by atoms with Crippen molar-refractivity contribution in [3.63, 3.8) is 0 Å². The first-order chi connectivity index (χ1) is 10.9. The second-order valence-electron chi connectivity index (χ2n) is 5.62. The van der Waals surface area contributed by atoms with Crippen LogP contribution in [0.4, 0.5) is 11.4 Å². The molecule has 0 radical (unpaired) electrons. The Morgan fingerprint density at radius 3 is 2.48 bits per heavy atom. The van der Waals surface area contributed by atoms with E-state index < -0.39 is 11.9 Å². The molecule has 5 heteroatoms. The Morgan fingerprint density at radius 1 is 1.09 bits per heavy atom. The van der Waals surface area contributed by atoms with E-state index in [9.17, 15) is 9.59 Å². The van der Waals surface area contributed by atoms with E-state index in [1.165, 1.54) is 0 Å². The highest BCUT2D eigenvalue weighted by atomic mass is 16.2. The molecule has 0 aromatic heterocycles. The Hall–Kier alpha value is -2.82. The lowest BCUT2D eigenvalue weighted by Gasteiger charge is -2.17. The molecule has 23 heavy (non-hydrogen) atoms. The second-order valence-corrected chi connectivity index (χ2v) is 5.62. The number of rotatable bonds is 5. The van der Waals surface area contributed by atoms with Crippen molar-refractivity contribution in [2.75, 3.05) is 10.6 Å². The third-order valence-corrected chi connectivity index (χ3v) is 3.56. The first-order valence-corrected chi connectivity index (χ1v) is 7.41. The predicted molar refractivity (Wildman–Crippen MR) is 92.6 cm³/mol. The van der Waals surface area contributed by atoms with Crippen molar-refractivity contribution in [2.24, 2.45) is 5.73 Å². The van der Waals surface area contributed by atoms with Crippen molar-refractivity contribution in [2.45, 2.75) is 26.8 Å². The van der Waals surface area contributed by atoms with Gasteiger partial charge in [0.05, 0.1) is 0 Å². The maximum atomic E-state index is 12.3. The Kier molecular flexibility index (Phi) is 5.01. The summed E-state index contributed by atoms with van der Waals surface area (Å²) in [5, 5.41) is 5.97. The molecule has 0 spiro atoms. The quantitative estimate of drug-likeness (QED) is 0.794. The maximum Gasteiger partial charge on any atom is 0.248 e. The number of hydrogen-bond acceptors (Lipinski definition) is 3. The number of primary amides is 1. The first-order valence-electron chi connectivity index (χ1n) is 7.41. The highest BCUT2D eigenvalue weighted by Crippen LogP contribution is 2.17. The number of amides is 2. The monoisotopic (exact) mass is 311 g/mol. The van der Waals surface area contributed by atoms with Gasteiger partial charge in [-0.2, -0.15) is 0 Å². The molecule has 2 aromatic rings. The van der Waals surface area contributed by atoms with Crippen molar-refractivity contribution in [3.05, 3.63) is 59.2 Å². The lowest BCUT2D eigenvalue weighted by Crippen LogP contribution is -2.32. The fraction of sp³-hybridized carbons (Fsp3) is 0.222. The summed E-state index contributed by atoms with van der Waals surface area (Å²) < 4.78 is 0. The van der Waals surface area contributed by atoms with Gasteiger partial charge in [0.1, 0.15) is 6.04 Å². The molecule has 0 bridgehead atoms. The largest absolute Gasteiger partial charge is 0.374 e. The summed E-state index contributed by atoms with van der Waals surface area (Å²) in [6.07, 6.45) is 0. The van der Waals surface area contributed by atoms with Crippen molar-refractivity contribution < 1.29 is 9.59 Å². The van der Waals surface area contributed by atoms with Crippen molar-refractivity contribution >= 4 is 23.2 Å². The van der Waals surface area contributed by atoms with Gasteiger partial charge in [0.2, 0.25) is 11.8 Å². The highest BCUT2D eigenvalue weighted by Gasteiger charge is 2.14. The van der Waals surface area contributed by atoms with Crippen LogP contribution in [0.15, 0.2) is 42.5 Å². The normalized spacial score (nSPS) is 11.6. The van der Waals surface area contributed by atoms with E-state index in [-0.39, 0.29) is 5.91 Å². The van der Waals surface area contributed by atoms with Crippen molar-refractivity contribution in [1.29, 1.82) is 0 Å². The number of nitrogens with one attached hydrogen (secondary N) is 2. The van der Waals surface area contributed by atoms with Crippen LogP contribution < -0.4 is 16.4 Å². The first kappa shape index (κ1) is 16.5. The van der Waals surface area contributed by atoms with Gasteiger partial charge in [-0.1, -0.05) is 23.8 Å². The van der Waals surface area contributed by atoms with Gasteiger partial charge in [-0.3, -0.25) is 9.59 Å². The van der Waals surface area contributed by atoms with Crippen molar-refractivity contribution in [1.82, 2.24) is 0 Å². The average Bonchev–Trinajstić information content (AvgIpc) is 2.50. The minimum Gasteiger partial charge on any atom is -0.374 e. The third kappa shape index (κ3) is 4.32. The van der Waals surface area contributed by atoms with Gasteiger partial charge < -0.3 is 16.4 Å². The summed E-state index contributed by atoms with van der Waals surface area (Å²) in [6, 6.07) is 12.2. The Labute approximate surface area is 135 Å². The molecular weight excluding hydrogens is 290 g/mol. The van der Waals surface area contributed by atoms with Crippen LogP contribution in [0.5, 0.6) is 0 Å². The maximum absolute atomic E-state index is 12.3. The van der Waals surface area contributed by atoms with E-state index >= 15 is 0 Å². The fourth-order valence-electron chi connectivity index (χ4n) is 2.27. The standard InChI is InChI=1S/C18H21N3O2/c1-11-7-8-16(12(2)9-11)21-18(23)13(3)20-15-6-4-5-14(10-15)17(19)22/h4-10,13,20H,1-3H3,(H2,19,22)(H,21,23). The van der Waals surface area contributed by atoms with Crippen LogP contribution in [0.1, 0.15) is 28.4 Å². The molecule has 2 aromatic carbocycles. The number of nitrogens with two attached hydrogens (primary N) is 1. The molecule has 120 valence electrons. The Balaban J connectivity index is 2.05. The number of benzene rings is 2. The minimum atomic E-state index is -0.499. The molecule has 5 nitrogen and oxygen atoms in total. The summed E-state index contributed by atoms with van der Waals surface area (Å²) in [5.41, 5.74) is 9.28. The highest BCUT2D eigenvalue weighted by molar-refractivity contribution is 5.97. The van der Waals surface area contributed by atoms with Gasteiger partial charge in [-0.25, -0.2) is 0 Å². The summed E-state index contributed by atoms with van der Waals surface area (Å²) in [4.78, 5) is 23.5. The Morgan fingerprint density at radius 2 is 1.83 bits per heavy atom. The van der Waals surface area contributed by atoms with Gasteiger partial charge >= 0.3 is 0 Å². The van der Waals surface area contributed by atoms with Gasteiger partial charge in [-0.05, 0) is 50.6 Å². The molecule has 2 amide bonds. The molecule has 1 atom stereocenters. The molecule has 0 fully saturated rings. The minimum absolute atomic E-state index is 0.151. The van der Waals surface area contributed by atoms with E-state index in [0.29, 0.717) is 11.3 Å². The topological polar surface area (TPSA) is 84.2 Å². The average molecular weight is 311 g/mol. The zero-order chi connectivity index (χ0) is 17.0. The third-order valence-electron chi connectivity index (χ3n) is 3.56. The van der Waals surface area contributed by atoms with Gasteiger partial charge in [0.15, 0.2) is 0 Å². The van der Waals surface area contributed by atoms with E-state index in [1.807, 2.05) is 32.0 Å². The number of aryl methyl sites for hydroxylation is 2. The zero-order valence-electron chi connectivity index (χ0n) is 13.5. The zero-order valence-corrected chi connectivity index (χ0v) is 13.5.